The Hall–Kier alpha value is -0.530. The summed E-state index contributed by atoms with van der Waals surface area (Å²) in [5.74, 6) is -0.469. The molecule has 7 heteroatoms. The molecular weight excluding hydrogens is 362 g/mol. The van der Waals surface area contributed by atoms with Crippen LogP contribution < -0.4 is 0 Å². The van der Waals surface area contributed by atoms with Crippen LogP contribution in [0.2, 0.25) is 0 Å². The van der Waals surface area contributed by atoms with Crippen molar-refractivity contribution in [3.05, 3.63) is 20.8 Å². The minimum absolute atomic E-state index is 0.0421. The monoisotopic (exact) mass is 377 g/mol. The molecule has 1 fully saturated rings. The third kappa shape index (κ3) is 3.77. The van der Waals surface area contributed by atoms with E-state index in [0.29, 0.717) is 12.2 Å². The Bertz CT molecular complexity index is 506. The number of nitrogens with zero attached hydrogens (tertiary/aromatic N) is 1. The molecular formula is C13H16BrNO3S2. The van der Waals surface area contributed by atoms with Gasteiger partial charge in [0.05, 0.1) is 9.16 Å². The Morgan fingerprint density at radius 2 is 2.25 bits per heavy atom. The maximum absolute atomic E-state index is 12.2. The molecule has 2 unspecified atom stereocenters. The minimum Gasteiger partial charge on any atom is -0.480 e. The van der Waals surface area contributed by atoms with Crippen LogP contribution in [0.5, 0.6) is 0 Å². The highest BCUT2D eigenvalue weighted by atomic mass is 79.9. The molecule has 0 spiro atoms. The van der Waals surface area contributed by atoms with Gasteiger partial charge in [0.25, 0.3) is 0 Å². The molecule has 0 aromatic carbocycles. The first kappa shape index (κ1) is 15.9. The number of carboxylic acid groups (broad SMARTS) is 1. The summed E-state index contributed by atoms with van der Waals surface area (Å²) in [7, 11) is 0. The Balaban J connectivity index is 1.86. The van der Waals surface area contributed by atoms with Crippen LogP contribution in [0, 0.1) is 0 Å². The Morgan fingerprint density at radius 1 is 1.50 bits per heavy atom. The molecule has 1 amide bonds. The van der Waals surface area contributed by atoms with Crippen LogP contribution in [0.1, 0.15) is 24.6 Å². The summed E-state index contributed by atoms with van der Waals surface area (Å²) in [6.07, 6.45) is 2.02. The van der Waals surface area contributed by atoms with E-state index in [1.165, 1.54) is 21.5 Å². The van der Waals surface area contributed by atoms with Crippen LogP contribution >= 0.6 is 39.0 Å². The van der Waals surface area contributed by atoms with Gasteiger partial charge in [0.15, 0.2) is 0 Å². The summed E-state index contributed by atoms with van der Waals surface area (Å²) in [5.41, 5.74) is 0. The fourth-order valence-electron chi connectivity index (χ4n) is 2.24. The lowest BCUT2D eigenvalue weighted by Gasteiger charge is -2.25. The van der Waals surface area contributed by atoms with Crippen molar-refractivity contribution in [2.45, 2.75) is 37.6 Å². The van der Waals surface area contributed by atoms with E-state index in [0.717, 1.165) is 16.6 Å². The molecule has 0 saturated carbocycles. The van der Waals surface area contributed by atoms with Crippen LogP contribution in [0.4, 0.5) is 0 Å². The second kappa shape index (κ2) is 6.95. The van der Waals surface area contributed by atoms with Crippen LogP contribution in [0.25, 0.3) is 0 Å². The lowest BCUT2D eigenvalue weighted by Crippen LogP contribution is -2.44. The van der Waals surface area contributed by atoms with Gasteiger partial charge in [-0.2, -0.15) is 0 Å². The molecule has 1 N–H and O–H groups in total. The molecule has 2 heterocycles. The third-order valence-electron chi connectivity index (χ3n) is 3.24. The van der Waals surface area contributed by atoms with Gasteiger partial charge in [-0.05, 0) is 47.8 Å². The summed E-state index contributed by atoms with van der Waals surface area (Å²) < 4.78 is 1.09. The molecule has 2 rings (SSSR count). The zero-order valence-corrected chi connectivity index (χ0v) is 14.3. The molecule has 20 heavy (non-hydrogen) atoms. The van der Waals surface area contributed by atoms with E-state index >= 15 is 0 Å². The molecule has 1 aliphatic heterocycles. The van der Waals surface area contributed by atoms with Crippen molar-refractivity contribution >= 4 is 50.9 Å². The Kier molecular flexibility index (Phi) is 5.51. The number of hydrogen-bond donors (Lipinski definition) is 1. The van der Waals surface area contributed by atoms with Crippen LogP contribution in [-0.2, 0) is 16.0 Å². The van der Waals surface area contributed by atoms with Gasteiger partial charge < -0.3 is 10.0 Å². The van der Waals surface area contributed by atoms with Gasteiger partial charge in [-0.15, -0.1) is 23.1 Å². The summed E-state index contributed by atoms with van der Waals surface area (Å²) in [5, 5.41) is 9.10. The Labute approximate surface area is 134 Å². The van der Waals surface area contributed by atoms with Crippen molar-refractivity contribution in [3.8, 4) is 0 Å². The lowest BCUT2D eigenvalue weighted by atomic mass is 10.1. The fraction of sp³-hybridized carbons (Fsp3) is 0.538. The predicted molar refractivity (Wildman–Crippen MR) is 85.1 cm³/mol. The quantitative estimate of drug-likeness (QED) is 0.855. The number of carbonyl (C=O) groups is 2. The van der Waals surface area contributed by atoms with Gasteiger partial charge in [-0.25, -0.2) is 4.79 Å². The zero-order chi connectivity index (χ0) is 14.7. The molecule has 2 atom stereocenters. The highest BCUT2D eigenvalue weighted by Gasteiger charge is 2.38. The van der Waals surface area contributed by atoms with E-state index in [1.807, 2.05) is 19.1 Å². The van der Waals surface area contributed by atoms with Crippen molar-refractivity contribution < 1.29 is 14.7 Å². The second-order valence-electron chi connectivity index (χ2n) is 4.65. The summed E-state index contributed by atoms with van der Waals surface area (Å²) in [4.78, 5) is 26.1. The first-order valence-corrected chi connectivity index (χ1v) is 9.04. The van der Waals surface area contributed by atoms with Crippen molar-refractivity contribution in [1.29, 1.82) is 0 Å². The average molecular weight is 378 g/mol. The number of carboxylic acids is 1. The molecule has 0 aliphatic carbocycles. The molecule has 110 valence electrons. The minimum atomic E-state index is -0.905. The van der Waals surface area contributed by atoms with E-state index in [1.54, 1.807) is 11.3 Å². The van der Waals surface area contributed by atoms with Gasteiger partial charge in [-0.1, -0.05) is 0 Å². The number of aryl methyl sites for hydroxylation is 1. The van der Waals surface area contributed by atoms with Gasteiger partial charge >= 0.3 is 5.97 Å². The largest absolute Gasteiger partial charge is 0.480 e. The van der Waals surface area contributed by atoms with Gasteiger partial charge in [0.1, 0.15) is 6.04 Å². The number of halogens is 1. The van der Waals surface area contributed by atoms with E-state index in [9.17, 15) is 9.59 Å². The SMILES string of the molecule is CC1SCC(C(=O)O)N1C(=O)CCCc1ccc(Br)s1. The normalized spacial score (nSPS) is 22.2. The Morgan fingerprint density at radius 3 is 2.85 bits per heavy atom. The van der Waals surface area contributed by atoms with Gasteiger partial charge in [0, 0.05) is 17.1 Å². The predicted octanol–water partition coefficient (Wildman–Crippen LogP) is 3.21. The summed E-state index contributed by atoms with van der Waals surface area (Å²) >= 11 is 6.61. The van der Waals surface area contributed by atoms with Gasteiger partial charge in [0.2, 0.25) is 5.91 Å². The maximum atomic E-state index is 12.2. The number of hydrogen-bond acceptors (Lipinski definition) is 4. The smallest absolute Gasteiger partial charge is 0.327 e. The molecule has 4 nitrogen and oxygen atoms in total. The lowest BCUT2D eigenvalue weighted by molar-refractivity contribution is -0.148. The topological polar surface area (TPSA) is 57.6 Å². The van der Waals surface area contributed by atoms with E-state index in [-0.39, 0.29) is 11.3 Å². The van der Waals surface area contributed by atoms with Crippen LogP contribution in [0.15, 0.2) is 15.9 Å². The first-order valence-electron chi connectivity index (χ1n) is 6.39. The molecule has 1 aliphatic rings. The highest BCUT2D eigenvalue weighted by Crippen LogP contribution is 2.30. The number of rotatable bonds is 5. The molecule has 1 saturated heterocycles. The van der Waals surface area contributed by atoms with Crippen molar-refractivity contribution in [1.82, 2.24) is 4.90 Å². The number of aliphatic carboxylic acids is 1. The van der Waals surface area contributed by atoms with Crippen LogP contribution in [0.3, 0.4) is 0 Å². The summed E-state index contributed by atoms with van der Waals surface area (Å²) in [6, 6.07) is 3.38. The van der Waals surface area contributed by atoms with E-state index in [4.69, 9.17) is 5.11 Å². The molecule has 0 radical (unpaired) electrons. The number of carbonyl (C=O) groups excluding carboxylic acids is 1. The van der Waals surface area contributed by atoms with E-state index < -0.39 is 12.0 Å². The van der Waals surface area contributed by atoms with Gasteiger partial charge in [-0.3, -0.25) is 4.79 Å². The fourth-order valence-corrected chi connectivity index (χ4v) is 4.95. The summed E-state index contributed by atoms with van der Waals surface area (Å²) in [6.45, 7) is 1.89. The van der Waals surface area contributed by atoms with Crippen LogP contribution in [-0.4, -0.2) is 39.1 Å². The van der Waals surface area contributed by atoms with Crippen molar-refractivity contribution in [3.63, 3.8) is 0 Å². The molecule has 0 bridgehead atoms. The number of thiophene rings is 1. The highest BCUT2D eigenvalue weighted by molar-refractivity contribution is 9.11. The number of thioether (sulfide) groups is 1. The molecule has 1 aromatic heterocycles. The van der Waals surface area contributed by atoms with E-state index in [2.05, 4.69) is 15.9 Å². The third-order valence-corrected chi connectivity index (χ3v) is 6.14. The van der Waals surface area contributed by atoms with Crippen molar-refractivity contribution in [2.24, 2.45) is 0 Å². The zero-order valence-electron chi connectivity index (χ0n) is 11.0. The molecule has 1 aromatic rings. The van der Waals surface area contributed by atoms with Crippen molar-refractivity contribution in [2.75, 3.05) is 5.75 Å². The number of amides is 1. The maximum Gasteiger partial charge on any atom is 0.327 e. The average Bonchev–Trinajstić information content (AvgIpc) is 2.95. The second-order valence-corrected chi connectivity index (χ2v) is 8.54. The standard InChI is InChI=1S/C13H16BrNO3S2/c1-8-15(10(7-19-8)13(17)18)12(16)4-2-3-9-5-6-11(14)20-9/h5-6,8,10H,2-4,7H2,1H3,(H,17,18). The first-order chi connectivity index (χ1) is 9.49.